The van der Waals surface area contributed by atoms with Crippen LogP contribution in [0.1, 0.15) is 31.7 Å². The van der Waals surface area contributed by atoms with Crippen LogP contribution in [0.25, 0.3) is 11.0 Å². The molecule has 98 valence electrons. The van der Waals surface area contributed by atoms with Crippen molar-refractivity contribution in [1.82, 2.24) is 10.2 Å². The van der Waals surface area contributed by atoms with Crippen molar-refractivity contribution >= 4 is 22.8 Å². The van der Waals surface area contributed by atoms with E-state index in [1.807, 2.05) is 11.8 Å². The van der Waals surface area contributed by atoms with Gasteiger partial charge >= 0.3 is 0 Å². The van der Waals surface area contributed by atoms with Crippen LogP contribution in [0.4, 0.5) is 0 Å². The van der Waals surface area contributed by atoms with Crippen LogP contribution in [-0.2, 0) is 6.42 Å². The Balaban J connectivity index is 1.56. The van der Waals surface area contributed by atoms with Crippen LogP contribution in [0, 0.1) is 0 Å². The minimum Gasteiger partial charge on any atom is -0.299 e. The predicted molar refractivity (Wildman–Crippen MR) is 82.3 cm³/mol. The molecule has 1 aromatic heterocycles. The van der Waals surface area contributed by atoms with Crippen LogP contribution >= 0.6 is 11.8 Å². The molecule has 2 nitrogen and oxygen atoms in total. The van der Waals surface area contributed by atoms with Crippen molar-refractivity contribution in [3.05, 3.63) is 35.9 Å². The summed E-state index contributed by atoms with van der Waals surface area (Å²) >= 11 is 2.03. The van der Waals surface area contributed by atoms with Crippen molar-refractivity contribution in [1.29, 1.82) is 0 Å². The molecule has 0 spiro atoms. The maximum atomic E-state index is 3.10. The molecular weight excluding hydrogens is 240 g/mol. The highest BCUT2D eigenvalue weighted by molar-refractivity contribution is 7.99. The lowest BCUT2D eigenvalue weighted by molar-refractivity contribution is 0.722. The molecule has 0 aliphatic heterocycles. The molecule has 18 heavy (non-hydrogen) atoms. The molecule has 0 unspecified atom stereocenters. The number of rotatable bonds is 8. The van der Waals surface area contributed by atoms with E-state index in [1.54, 1.807) is 0 Å². The summed E-state index contributed by atoms with van der Waals surface area (Å²) in [6, 6.07) is 6.65. The molecule has 0 saturated carbocycles. The minimum atomic E-state index is 1.17. The molecule has 0 amide bonds. The van der Waals surface area contributed by atoms with Crippen LogP contribution in [0.2, 0.25) is 0 Å². The molecule has 1 aromatic carbocycles. The van der Waals surface area contributed by atoms with Crippen molar-refractivity contribution in [2.24, 2.45) is 0 Å². The highest BCUT2D eigenvalue weighted by Gasteiger charge is 1.99. The maximum Gasteiger partial charge on any atom is 0.0791 e. The number of benzene rings is 1. The highest BCUT2D eigenvalue weighted by Crippen LogP contribution is 2.15. The Morgan fingerprint density at radius 3 is 2.72 bits per heavy atom. The number of hydrogen-bond acceptors (Lipinski definition) is 1. The normalized spacial score (nSPS) is 11.8. The number of hydrogen-bond donors (Lipinski definition) is 2. The lowest BCUT2D eigenvalue weighted by atomic mass is 10.1. The molecule has 2 rings (SSSR count). The summed E-state index contributed by atoms with van der Waals surface area (Å²) in [5.74, 6) is 2.46. The van der Waals surface area contributed by atoms with E-state index in [-0.39, 0.29) is 0 Å². The Kier molecular flexibility index (Phi) is 5.46. The van der Waals surface area contributed by atoms with Crippen LogP contribution < -0.4 is 0 Å². The van der Waals surface area contributed by atoms with Crippen molar-refractivity contribution < 1.29 is 0 Å². The van der Waals surface area contributed by atoms with E-state index in [2.05, 4.69) is 47.5 Å². The molecule has 1 heterocycles. The van der Waals surface area contributed by atoms with Gasteiger partial charge < -0.3 is 0 Å². The van der Waals surface area contributed by atoms with Gasteiger partial charge in [-0.2, -0.15) is 11.8 Å². The molecule has 0 aliphatic rings. The summed E-state index contributed by atoms with van der Waals surface area (Å²) in [6.45, 7) is 2.08. The number of thioether (sulfide) groups is 1. The molecule has 0 saturated heterocycles. The van der Waals surface area contributed by atoms with Crippen molar-refractivity contribution in [2.45, 2.75) is 32.6 Å². The van der Waals surface area contributed by atoms with Gasteiger partial charge in [0.1, 0.15) is 0 Å². The van der Waals surface area contributed by atoms with E-state index in [0.717, 1.165) is 0 Å². The van der Waals surface area contributed by atoms with E-state index in [4.69, 9.17) is 0 Å². The van der Waals surface area contributed by atoms with E-state index in [0.29, 0.717) is 0 Å². The first kappa shape index (κ1) is 13.3. The zero-order chi connectivity index (χ0) is 12.6. The summed E-state index contributed by atoms with van der Waals surface area (Å²) < 4.78 is 0. The number of fused-ring (bicyclic) bond motifs is 1. The van der Waals surface area contributed by atoms with Gasteiger partial charge in [0, 0.05) is 5.75 Å². The molecule has 2 N–H and O–H groups in total. The van der Waals surface area contributed by atoms with Gasteiger partial charge in [-0.15, -0.1) is 0 Å². The predicted octanol–water partition coefficient (Wildman–Crippen LogP) is 4.52. The summed E-state index contributed by atoms with van der Waals surface area (Å²) in [4.78, 5) is 0. The lowest BCUT2D eigenvalue weighted by Gasteiger charge is -2.06. The van der Waals surface area contributed by atoms with E-state index in [1.165, 1.54) is 53.8 Å². The number of nitrogens with one attached hydrogen (secondary N) is 2. The van der Waals surface area contributed by atoms with E-state index in [9.17, 15) is 0 Å². The van der Waals surface area contributed by atoms with Gasteiger partial charge in [0.2, 0.25) is 0 Å². The SMILES string of the molecule is C/C=C/CSCCCCCc1ccc2[nH][nH]c2c1. The summed E-state index contributed by atoms with van der Waals surface area (Å²) in [6.07, 6.45) is 9.54. The number of aromatic nitrogens is 2. The first-order valence-corrected chi connectivity index (χ1v) is 7.89. The largest absolute Gasteiger partial charge is 0.299 e. The molecule has 0 fully saturated rings. The molecule has 0 atom stereocenters. The van der Waals surface area contributed by atoms with Crippen LogP contribution in [0.3, 0.4) is 0 Å². The minimum absolute atomic E-state index is 1.17. The Morgan fingerprint density at radius 2 is 2.00 bits per heavy atom. The fraction of sp³-hybridized carbons (Fsp3) is 0.467. The van der Waals surface area contributed by atoms with Crippen LogP contribution in [0.5, 0.6) is 0 Å². The summed E-state index contributed by atoms with van der Waals surface area (Å²) in [5, 5.41) is 6.16. The first-order chi connectivity index (χ1) is 8.90. The van der Waals surface area contributed by atoms with Crippen LogP contribution in [0.15, 0.2) is 30.4 Å². The molecule has 3 heteroatoms. The topological polar surface area (TPSA) is 31.6 Å². The maximum absolute atomic E-state index is 3.10. The summed E-state index contributed by atoms with van der Waals surface area (Å²) in [7, 11) is 0. The standard InChI is InChI=1S/C15H22N2S/c1-2-3-10-18-11-6-4-5-7-13-8-9-14-15(12-13)17-16-14/h2-3,8-9,12,16-17H,4-7,10-11H2,1H3/b3-2+. The first-order valence-electron chi connectivity index (χ1n) is 6.74. The van der Waals surface area contributed by atoms with Crippen LogP contribution in [-0.4, -0.2) is 21.7 Å². The van der Waals surface area contributed by atoms with Gasteiger partial charge in [-0.05, 0) is 49.6 Å². The fourth-order valence-electron chi connectivity index (χ4n) is 1.99. The van der Waals surface area contributed by atoms with Gasteiger partial charge in [0.05, 0.1) is 11.0 Å². The molecular formula is C15H22N2S. The molecule has 0 radical (unpaired) electrons. The van der Waals surface area contributed by atoms with Crippen molar-refractivity contribution in [3.8, 4) is 0 Å². The second-order valence-corrected chi connectivity index (χ2v) is 5.73. The Bertz CT molecular complexity index is 481. The fourth-order valence-corrected chi connectivity index (χ4v) is 2.89. The third kappa shape index (κ3) is 3.98. The zero-order valence-corrected chi connectivity index (χ0v) is 11.9. The van der Waals surface area contributed by atoms with Gasteiger partial charge in [-0.1, -0.05) is 24.6 Å². The second-order valence-electron chi connectivity index (χ2n) is 4.58. The third-order valence-electron chi connectivity index (χ3n) is 3.12. The van der Waals surface area contributed by atoms with E-state index >= 15 is 0 Å². The van der Waals surface area contributed by atoms with E-state index < -0.39 is 0 Å². The number of unbranched alkanes of at least 4 members (excludes halogenated alkanes) is 2. The number of allylic oxidation sites excluding steroid dienone is 1. The average molecular weight is 262 g/mol. The van der Waals surface area contributed by atoms with Gasteiger partial charge in [0.15, 0.2) is 0 Å². The number of aromatic amines is 2. The smallest absolute Gasteiger partial charge is 0.0791 e. The Labute approximate surface area is 113 Å². The zero-order valence-electron chi connectivity index (χ0n) is 11.0. The summed E-state index contributed by atoms with van der Waals surface area (Å²) in [5.41, 5.74) is 3.91. The quantitative estimate of drug-likeness (QED) is 0.532. The number of aryl methyl sites for hydroxylation is 1. The van der Waals surface area contributed by atoms with Gasteiger partial charge in [-0.25, -0.2) is 0 Å². The second kappa shape index (κ2) is 7.37. The van der Waals surface area contributed by atoms with Crippen molar-refractivity contribution in [2.75, 3.05) is 11.5 Å². The Hall–Kier alpha value is -1.09. The lowest BCUT2D eigenvalue weighted by Crippen LogP contribution is -1.93. The van der Waals surface area contributed by atoms with Crippen molar-refractivity contribution in [3.63, 3.8) is 0 Å². The molecule has 2 aromatic rings. The van der Waals surface area contributed by atoms with Gasteiger partial charge in [0.25, 0.3) is 0 Å². The molecule has 0 aliphatic carbocycles. The van der Waals surface area contributed by atoms with Gasteiger partial charge in [-0.3, -0.25) is 10.2 Å². The average Bonchev–Trinajstić information content (AvgIpc) is 2.35. The third-order valence-corrected chi connectivity index (χ3v) is 4.13. The highest BCUT2D eigenvalue weighted by atomic mass is 32.2. The Morgan fingerprint density at radius 1 is 1.11 bits per heavy atom. The number of H-pyrrole nitrogens is 2. The molecule has 0 bridgehead atoms. The monoisotopic (exact) mass is 262 g/mol.